The van der Waals surface area contributed by atoms with Gasteiger partial charge in [-0.1, -0.05) is 0 Å². The number of aromatic nitrogens is 1. The Hall–Kier alpha value is -0.610. The third-order valence-electron chi connectivity index (χ3n) is 1.15. The molecule has 0 saturated heterocycles. The van der Waals surface area contributed by atoms with Crippen molar-refractivity contribution in [1.29, 1.82) is 0 Å². The van der Waals surface area contributed by atoms with Gasteiger partial charge < -0.3 is 5.11 Å². The lowest BCUT2D eigenvalue weighted by Gasteiger charge is -1.97. The van der Waals surface area contributed by atoms with Gasteiger partial charge in [-0.2, -0.15) is 0 Å². The Labute approximate surface area is 84.4 Å². The first-order valence-corrected chi connectivity index (χ1v) is 3.80. The first-order valence-electron chi connectivity index (χ1n) is 3.01. The molecule has 3 nitrogen and oxygen atoms in total. The second kappa shape index (κ2) is 5.11. The fourth-order valence-corrected chi connectivity index (χ4v) is 1.09. The number of pyridine rings is 1. The fraction of sp³-hybridized carbons (Fsp3) is 0.143. The highest BCUT2D eigenvalue weighted by atomic mass is 79.9. The molecule has 0 atom stereocenters. The minimum Gasteiger partial charge on any atom is -0.481 e. The Morgan fingerprint density at radius 2 is 2.33 bits per heavy atom. The minimum absolute atomic E-state index is 0. The van der Waals surface area contributed by atoms with E-state index in [-0.39, 0.29) is 18.8 Å². The van der Waals surface area contributed by atoms with Gasteiger partial charge in [0, 0.05) is 10.7 Å². The molecule has 0 aliphatic heterocycles. The predicted octanol–water partition coefficient (Wildman–Crippen LogP) is 1.89. The van der Waals surface area contributed by atoms with Gasteiger partial charge in [0.25, 0.3) is 0 Å². The molecule has 0 saturated carbocycles. The monoisotopic (exact) mass is 251 g/mol. The third kappa shape index (κ3) is 3.19. The SMILES string of the molecule is Cl.O=C(O)Cc1ncccc1Br. The van der Waals surface area contributed by atoms with E-state index in [1.807, 2.05) is 0 Å². The Morgan fingerprint density at radius 3 is 2.83 bits per heavy atom. The molecule has 0 bridgehead atoms. The lowest BCUT2D eigenvalue weighted by Crippen LogP contribution is -2.02. The van der Waals surface area contributed by atoms with Gasteiger partial charge >= 0.3 is 5.97 Å². The number of aliphatic carboxylic acids is 1. The summed E-state index contributed by atoms with van der Waals surface area (Å²) >= 11 is 3.20. The number of rotatable bonds is 2. The molecular formula is C7H7BrClNO2. The Morgan fingerprint density at radius 1 is 1.67 bits per heavy atom. The molecule has 0 radical (unpaired) electrons. The van der Waals surface area contributed by atoms with E-state index in [1.165, 1.54) is 0 Å². The van der Waals surface area contributed by atoms with Crippen molar-refractivity contribution < 1.29 is 9.90 Å². The predicted molar refractivity (Wildman–Crippen MR) is 50.5 cm³/mol. The van der Waals surface area contributed by atoms with Crippen LogP contribution in [-0.4, -0.2) is 16.1 Å². The third-order valence-corrected chi connectivity index (χ3v) is 1.88. The first-order chi connectivity index (χ1) is 5.20. The maximum Gasteiger partial charge on any atom is 0.309 e. The molecule has 1 aromatic heterocycles. The van der Waals surface area contributed by atoms with Gasteiger partial charge in [-0.25, -0.2) is 0 Å². The van der Waals surface area contributed by atoms with E-state index < -0.39 is 5.97 Å². The summed E-state index contributed by atoms with van der Waals surface area (Å²) in [5.41, 5.74) is 0.556. The molecule has 66 valence electrons. The summed E-state index contributed by atoms with van der Waals surface area (Å²) in [7, 11) is 0. The number of carboxylic acids is 1. The van der Waals surface area contributed by atoms with Crippen LogP contribution >= 0.6 is 28.3 Å². The molecule has 0 amide bonds. The summed E-state index contributed by atoms with van der Waals surface area (Å²) < 4.78 is 0.738. The van der Waals surface area contributed by atoms with Gasteiger partial charge in [0.1, 0.15) is 0 Å². The first kappa shape index (κ1) is 11.4. The van der Waals surface area contributed by atoms with E-state index in [1.54, 1.807) is 18.3 Å². The van der Waals surface area contributed by atoms with Gasteiger partial charge in [-0.15, -0.1) is 12.4 Å². The molecule has 1 aromatic rings. The van der Waals surface area contributed by atoms with Crippen molar-refractivity contribution in [2.75, 3.05) is 0 Å². The largest absolute Gasteiger partial charge is 0.481 e. The molecule has 0 aromatic carbocycles. The zero-order valence-electron chi connectivity index (χ0n) is 6.03. The van der Waals surface area contributed by atoms with E-state index in [2.05, 4.69) is 20.9 Å². The maximum atomic E-state index is 10.3. The van der Waals surface area contributed by atoms with Crippen LogP contribution in [0.25, 0.3) is 0 Å². The number of hydrogen-bond acceptors (Lipinski definition) is 2. The van der Waals surface area contributed by atoms with Crippen LogP contribution in [-0.2, 0) is 11.2 Å². The molecule has 1 N–H and O–H groups in total. The van der Waals surface area contributed by atoms with E-state index in [0.29, 0.717) is 5.69 Å². The van der Waals surface area contributed by atoms with Crippen LogP contribution < -0.4 is 0 Å². The number of nitrogens with zero attached hydrogens (tertiary/aromatic N) is 1. The van der Waals surface area contributed by atoms with E-state index >= 15 is 0 Å². The molecule has 0 spiro atoms. The van der Waals surface area contributed by atoms with Crippen molar-refractivity contribution >= 4 is 34.3 Å². The van der Waals surface area contributed by atoms with Crippen molar-refractivity contribution in [2.24, 2.45) is 0 Å². The average molecular weight is 252 g/mol. The van der Waals surface area contributed by atoms with Crippen molar-refractivity contribution in [3.63, 3.8) is 0 Å². The molecule has 0 aliphatic carbocycles. The second-order valence-electron chi connectivity index (χ2n) is 2.00. The standard InChI is InChI=1S/C7H6BrNO2.ClH/c8-5-2-1-3-9-6(5)4-7(10)11;/h1-3H,4H2,(H,10,11);1H. The number of carbonyl (C=O) groups is 1. The Kier molecular flexibility index (Phi) is 4.85. The maximum absolute atomic E-state index is 10.3. The van der Waals surface area contributed by atoms with Gasteiger partial charge in [-0.05, 0) is 28.1 Å². The summed E-state index contributed by atoms with van der Waals surface area (Å²) in [5, 5.41) is 8.43. The highest BCUT2D eigenvalue weighted by Crippen LogP contribution is 2.13. The summed E-state index contributed by atoms with van der Waals surface area (Å²) in [6, 6.07) is 3.51. The normalized spacial score (nSPS) is 8.75. The molecule has 5 heteroatoms. The lowest BCUT2D eigenvalue weighted by molar-refractivity contribution is -0.136. The fourth-order valence-electron chi connectivity index (χ4n) is 0.692. The summed E-state index contributed by atoms with van der Waals surface area (Å²) in [5.74, 6) is -0.871. The minimum atomic E-state index is -0.871. The molecule has 1 heterocycles. The highest BCUT2D eigenvalue weighted by Gasteiger charge is 2.04. The van der Waals surface area contributed by atoms with Crippen molar-refractivity contribution in [3.05, 3.63) is 28.5 Å². The van der Waals surface area contributed by atoms with Crippen LogP contribution in [0.5, 0.6) is 0 Å². The van der Waals surface area contributed by atoms with Crippen molar-refractivity contribution in [2.45, 2.75) is 6.42 Å². The van der Waals surface area contributed by atoms with Crippen LogP contribution in [0, 0.1) is 0 Å². The molecule has 12 heavy (non-hydrogen) atoms. The Bertz CT molecular complexity index is 280. The Balaban J connectivity index is 0.00000121. The zero-order chi connectivity index (χ0) is 8.27. The second-order valence-corrected chi connectivity index (χ2v) is 2.86. The summed E-state index contributed by atoms with van der Waals surface area (Å²) in [6.07, 6.45) is 1.53. The van der Waals surface area contributed by atoms with E-state index in [4.69, 9.17) is 5.11 Å². The van der Waals surface area contributed by atoms with Gasteiger partial charge in [0.2, 0.25) is 0 Å². The molecule has 1 rings (SSSR count). The van der Waals surface area contributed by atoms with Crippen molar-refractivity contribution in [1.82, 2.24) is 4.98 Å². The topological polar surface area (TPSA) is 50.2 Å². The van der Waals surface area contributed by atoms with Crippen LogP contribution in [0.15, 0.2) is 22.8 Å². The molecular weight excluding hydrogens is 245 g/mol. The smallest absolute Gasteiger partial charge is 0.309 e. The van der Waals surface area contributed by atoms with E-state index in [9.17, 15) is 4.79 Å². The summed E-state index contributed by atoms with van der Waals surface area (Å²) in [4.78, 5) is 14.2. The molecule has 0 aliphatic rings. The average Bonchev–Trinajstić information content (AvgIpc) is 1.93. The zero-order valence-corrected chi connectivity index (χ0v) is 8.43. The van der Waals surface area contributed by atoms with E-state index in [0.717, 1.165) is 4.47 Å². The van der Waals surface area contributed by atoms with Gasteiger partial charge in [0.05, 0.1) is 12.1 Å². The molecule has 0 fully saturated rings. The molecule has 0 unspecified atom stereocenters. The number of hydrogen-bond donors (Lipinski definition) is 1. The van der Waals surface area contributed by atoms with Gasteiger partial charge in [-0.3, -0.25) is 9.78 Å². The summed E-state index contributed by atoms with van der Waals surface area (Å²) in [6.45, 7) is 0. The number of carboxylic acid groups (broad SMARTS) is 1. The van der Waals surface area contributed by atoms with Crippen LogP contribution in [0.1, 0.15) is 5.69 Å². The number of halogens is 2. The quantitative estimate of drug-likeness (QED) is 0.874. The highest BCUT2D eigenvalue weighted by molar-refractivity contribution is 9.10. The lowest BCUT2D eigenvalue weighted by atomic mass is 10.3. The van der Waals surface area contributed by atoms with Gasteiger partial charge in [0.15, 0.2) is 0 Å². The van der Waals surface area contributed by atoms with Crippen LogP contribution in [0.3, 0.4) is 0 Å². The van der Waals surface area contributed by atoms with Crippen molar-refractivity contribution in [3.8, 4) is 0 Å². The van der Waals surface area contributed by atoms with Crippen LogP contribution in [0.4, 0.5) is 0 Å². The van der Waals surface area contributed by atoms with Crippen LogP contribution in [0.2, 0.25) is 0 Å².